The van der Waals surface area contributed by atoms with Gasteiger partial charge < -0.3 is 5.32 Å². The van der Waals surface area contributed by atoms with Crippen molar-refractivity contribution in [2.45, 2.75) is 26.3 Å². The summed E-state index contributed by atoms with van der Waals surface area (Å²) >= 11 is 0. The summed E-state index contributed by atoms with van der Waals surface area (Å²) in [5.74, 6) is 2.49. The highest BCUT2D eigenvalue weighted by atomic mass is 15.0. The van der Waals surface area contributed by atoms with Gasteiger partial charge in [-0.1, -0.05) is 74.1 Å². The minimum absolute atomic E-state index is 0.345. The Hall–Kier alpha value is -1.76. The van der Waals surface area contributed by atoms with Crippen molar-refractivity contribution in [1.82, 2.24) is 5.32 Å². The molecule has 1 saturated carbocycles. The van der Waals surface area contributed by atoms with Crippen molar-refractivity contribution >= 4 is 0 Å². The molecule has 1 nitrogen and oxygen atoms in total. The molecule has 1 heteroatoms. The second-order valence-corrected chi connectivity index (χ2v) is 7.94. The van der Waals surface area contributed by atoms with Gasteiger partial charge in [0, 0.05) is 17.5 Å². The van der Waals surface area contributed by atoms with Gasteiger partial charge in [-0.15, -0.1) is 0 Å². The number of fused-ring (bicyclic) bond motifs is 5. The van der Waals surface area contributed by atoms with Gasteiger partial charge in [-0.3, -0.25) is 0 Å². The molecule has 5 unspecified atom stereocenters. The molecular formula is C21H23N. The predicted molar refractivity (Wildman–Crippen MR) is 91.0 cm³/mol. The molecule has 0 amide bonds. The Kier molecular flexibility index (Phi) is 2.41. The highest BCUT2D eigenvalue weighted by Gasteiger charge is 2.52. The lowest BCUT2D eigenvalue weighted by molar-refractivity contribution is 0.214. The summed E-state index contributed by atoms with van der Waals surface area (Å²) in [5, 5.41) is 3.79. The fraction of sp³-hybridized carbons (Fsp3) is 0.429. The van der Waals surface area contributed by atoms with E-state index in [2.05, 4.69) is 73.8 Å². The van der Waals surface area contributed by atoms with E-state index >= 15 is 0 Å². The van der Waals surface area contributed by atoms with Gasteiger partial charge in [0.25, 0.3) is 0 Å². The van der Waals surface area contributed by atoms with Crippen LogP contribution in [0.1, 0.15) is 20.3 Å². The standard InChI is InChI=1S/C21H23N/c1-21(2)17-9-5-3-7-13(17)15-11-16-14-8-4-6-10-19(14)22-20(16)12-18(15)21/h3-11,13-14,17-19,22H,12H2,1-2H3. The quantitative estimate of drug-likeness (QED) is 0.701. The molecule has 0 aromatic heterocycles. The number of hydrogen-bond acceptors (Lipinski definition) is 1. The van der Waals surface area contributed by atoms with E-state index in [1.807, 2.05) is 0 Å². The molecular weight excluding hydrogens is 266 g/mol. The second-order valence-electron chi connectivity index (χ2n) is 7.94. The smallest absolute Gasteiger partial charge is 0.0548 e. The van der Waals surface area contributed by atoms with Crippen LogP contribution in [0.4, 0.5) is 0 Å². The van der Waals surface area contributed by atoms with Crippen molar-refractivity contribution in [2.24, 2.45) is 29.1 Å². The molecule has 0 radical (unpaired) electrons. The van der Waals surface area contributed by atoms with Crippen LogP contribution in [-0.2, 0) is 0 Å². The first-order chi connectivity index (χ1) is 10.7. The Balaban J connectivity index is 1.60. The van der Waals surface area contributed by atoms with Crippen LogP contribution >= 0.6 is 0 Å². The maximum atomic E-state index is 3.79. The molecule has 5 aliphatic rings. The van der Waals surface area contributed by atoms with E-state index in [1.54, 1.807) is 11.1 Å². The lowest BCUT2D eigenvalue weighted by atomic mass is 9.71. The second kappa shape index (κ2) is 4.16. The summed E-state index contributed by atoms with van der Waals surface area (Å²) in [5.41, 5.74) is 5.08. The van der Waals surface area contributed by atoms with Crippen LogP contribution in [0, 0.1) is 29.1 Å². The van der Waals surface area contributed by atoms with Crippen LogP contribution < -0.4 is 5.32 Å². The molecule has 5 atom stereocenters. The SMILES string of the molecule is CC1(C)C2CC3=C(C=C2C2C=CC=CC21)C1C=CC=CC1N3. The molecule has 1 aliphatic heterocycles. The Morgan fingerprint density at radius 2 is 1.68 bits per heavy atom. The van der Waals surface area contributed by atoms with Gasteiger partial charge in [-0.05, 0) is 29.2 Å². The molecule has 1 fully saturated rings. The van der Waals surface area contributed by atoms with Crippen molar-refractivity contribution in [3.8, 4) is 0 Å². The zero-order chi connectivity index (χ0) is 14.9. The summed E-state index contributed by atoms with van der Waals surface area (Å²) in [4.78, 5) is 0. The van der Waals surface area contributed by atoms with Crippen molar-refractivity contribution in [1.29, 1.82) is 0 Å². The van der Waals surface area contributed by atoms with Gasteiger partial charge in [0.1, 0.15) is 0 Å². The van der Waals surface area contributed by atoms with Gasteiger partial charge in [0.2, 0.25) is 0 Å². The van der Waals surface area contributed by atoms with Crippen LogP contribution in [0.5, 0.6) is 0 Å². The summed E-state index contributed by atoms with van der Waals surface area (Å²) in [7, 11) is 0. The van der Waals surface area contributed by atoms with E-state index in [9.17, 15) is 0 Å². The fourth-order valence-corrected chi connectivity index (χ4v) is 5.38. The molecule has 5 rings (SSSR count). The maximum Gasteiger partial charge on any atom is 0.0548 e. The van der Waals surface area contributed by atoms with Crippen LogP contribution in [0.15, 0.2) is 71.5 Å². The van der Waals surface area contributed by atoms with Crippen LogP contribution in [0.25, 0.3) is 0 Å². The third-order valence-corrected chi connectivity index (χ3v) is 6.59. The van der Waals surface area contributed by atoms with E-state index in [4.69, 9.17) is 0 Å². The van der Waals surface area contributed by atoms with Crippen molar-refractivity contribution in [3.63, 3.8) is 0 Å². The molecule has 0 aromatic rings. The van der Waals surface area contributed by atoms with E-state index in [0.717, 1.165) is 0 Å². The lowest BCUT2D eigenvalue weighted by Crippen LogP contribution is -2.30. The number of allylic oxidation sites excluding steroid dienone is 9. The third kappa shape index (κ3) is 1.49. The van der Waals surface area contributed by atoms with Crippen molar-refractivity contribution in [3.05, 3.63) is 71.5 Å². The average molecular weight is 289 g/mol. The average Bonchev–Trinajstić information content (AvgIpc) is 3.00. The highest BCUT2D eigenvalue weighted by Crippen LogP contribution is 2.60. The zero-order valence-electron chi connectivity index (χ0n) is 13.3. The number of hydrogen-bond donors (Lipinski definition) is 1. The van der Waals surface area contributed by atoms with Gasteiger partial charge in [-0.2, -0.15) is 0 Å². The summed E-state index contributed by atoms with van der Waals surface area (Å²) in [6, 6.07) is 0.478. The van der Waals surface area contributed by atoms with Gasteiger partial charge in [0.15, 0.2) is 0 Å². The Morgan fingerprint density at radius 3 is 2.55 bits per heavy atom. The highest BCUT2D eigenvalue weighted by molar-refractivity contribution is 5.50. The van der Waals surface area contributed by atoms with Gasteiger partial charge in [-0.25, -0.2) is 0 Å². The summed E-state index contributed by atoms with van der Waals surface area (Å²) < 4.78 is 0. The Bertz CT molecular complexity index is 710. The van der Waals surface area contributed by atoms with E-state index in [-0.39, 0.29) is 0 Å². The van der Waals surface area contributed by atoms with Crippen molar-refractivity contribution in [2.75, 3.05) is 0 Å². The van der Waals surface area contributed by atoms with E-state index in [1.165, 1.54) is 12.1 Å². The number of nitrogens with one attached hydrogen (secondary N) is 1. The minimum Gasteiger partial charge on any atom is -0.381 e. The molecule has 1 N–H and O–H groups in total. The lowest BCUT2D eigenvalue weighted by Gasteiger charge is -2.34. The first-order valence-corrected chi connectivity index (χ1v) is 8.57. The Labute approximate surface area is 132 Å². The third-order valence-electron chi connectivity index (χ3n) is 6.59. The van der Waals surface area contributed by atoms with E-state index in [0.29, 0.717) is 35.1 Å². The fourth-order valence-electron chi connectivity index (χ4n) is 5.38. The molecule has 22 heavy (non-hydrogen) atoms. The topological polar surface area (TPSA) is 12.0 Å². The van der Waals surface area contributed by atoms with Gasteiger partial charge in [0.05, 0.1) is 6.04 Å². The monoisotopic (exact) mass is 289 g/mol. The van der Waals surface area contributed by atoms with Crippen LogP contribution in [0.3, 0.4) is 0 Å². The maximum absolute atomic E-state index is 3.79. The normalized spacial score (nSPS) is 42.5. The first kappa shape index (κ1) is 12.8. The molecule has 0 saturated heterocycles. The minimum atomic E-state index is 0.345. The van der Waals surface area contributed by atoms with Crippen LogP contribution in [0.2, 0.25) is 0 Å². The molecule has 1 heterocycles. The van der Waals surface area contributed by atoms with Crippen molar-refractivity contribution < 1.29 is 0 Å². The summed E-state index contributed by atoms with van der Waals surface area (Å²) in [6.07, 6.45) is 22.2. The first-order valence-electron chi connectivity index (χ1n) is 8.57. The molecule has 0 spiro atoms. The predicted octanol–water partition coefficient (Wildman–Crippen LogP) is 4.30. The van der Waals surface area contributed by atoms with E-state index < -0.39 is 0 Å². The summed E-state index contributed by atoms with van der Waals surface area (Å²) in [6.45, 7) is 4.93. The van der Waals surface area contributed by atoms with Gasteiger partial charge >= 0.3 is 0 Å². The molecule has 0 aromatic carbocycles. The largest absolute Gasteiger partial charge is 0.381 e. The number of rotatable bonds is 0. The molecule has 4 aliphatic carbocycles. The Morgan fingerprint density at radius 1 is 0.955 bits per heavy atom. The molecule has 0 bridgehead atoms. The van der Waals surface area contributed by atoms with Crippen LogP contribution in [-0.4, -0.2) is 6.04 Å². The molecule has 112 valence electrons. The zero-order valence-corrected chi connectivity index (χ0v) is 13.3.